The summed E-state index contributed by atoms with van der Waals surface area (Å²) < 4.78 is 29.2. The van der Waals surface area contributed by atoms with Gasteiger partial charge in [0.2, 0.25) is 0 Å². The van der Waals surface area contributed by atoms with Crippen LogP contribution in [0.4, 0.5) is 8.78 Å². The molecule has 0 saturated heterocycles. The monoisotopic (exact) mass is 429 g/mol. The van der Waals surface area contributed by atoms with E-state index >= 15 is 0 Å². The van der Waals surface area contributed by atoms with E-state index < -0.39 is 17.7 Å². The molecule has 2 aromatic rings. The third-order valence-corrected chi connectivity index (χ3v) is 6.20. The first-order valence-electron chi connectivity index (χ1n) is 5.20. The van der Waals surface area contributed by atoms with E-state index in [4.69, 9.17) is 11.6 Å². The Kier molecular flexibility index (Phi) is 5.00. The summed E-state index contributed by atoms with van der Waals surface area (Å²) in [6.07, 6.45) is 0. The maximum absolute atomic E-state index is 14.0. The first-order chi connectivity index (χ1) is 8.93. The summed E-state index contributed by atoms with van der Waals surface area (Å²) in [5, 5.41) is 2.76. The highest BCUT2D eigenvalue weighted by atomic mass is 79.9. The molecule has 1 aromatic carbocycles. The van der Waals surface area contributed by atoms with Gasteiger partial charge in [-0.3, -0.25) is 0 Å². The fourth-order valence-corrected chi connectivity index (χ4v) is 4.09. The fraction of sp³-hybridized carbons (Fsp3) is 0.167. The van der Waals surface area contributed by atoms with Crippen LogP contribution in [0.5, 0.6) is 0 Å². The van der Waals surface area contributed by atoms with Gasteiger partial charge in [-0.05, 0) is 57.1 Å². The summed E-state index contributed by atoms with van der Waals surface area (Å²) in [6, 6.07) is 3.55. The first kappa shape index (κ1) is 15.4. The van der Waals surface area contributed by atoms with Crippen LogP contribution in [0.25, 0.3) is 0 Å². The molecule has 7 heteroatoms. The minimum Gasteiger partial charge on any atom is -0.309 e. The van der Waals surface area contributed by atoms with Gasteiger partial charge in [-0.15, -0.1) is 11.3 Å². The molecule has 0 aliphatic carbocycles. The van der Waals surface area contributed by atoms with Crippen molar-refractivity contribution < 1.29 is 8.78 Å². The molecule has 19 heavy (non-hydrogen) atoms. The molecule has 1 atom stereocenters. The smallest absolute Gasteiger partial charge is 0.142 e. The molecule has 0 saturated carbocycles. The Morgan fingerprint density at radius 2 is 1.89 bits per heavy atom. The molecule has 0 spiro atoms. The van der Waals surface area contributed by atoms with Gasteiger partial charge >= 0.3 is 0 Å². The summed E-state index contributed by atoms with van der Waals surface area (Å²) in [5.74, 6) is -1.17. The van der Waals surface area contributed by atoms with E-state index in [1.807, 2.05) is 6.07 Å². The van der Waals surface area contributed by atoms with E-state index in [9.17, 15) is 8.78 Å². The predicted octanol–water partition coefficient (Wildman–Crippen LogP) is 5.51. The van der Waals surface area contributed by atoms with Crippen molar-refractivity contribution in [3.05, 3.63) is 53.6 Å². The van der Waals surface area contributed by atoms with Gasteiger partial charge in [0.1, 0.15) is 11.6 Å². The van der Waals surface area contributed by atoms with Crippen molar-refractivity contribution in [2.45, 2.75) is 6.04 Å². The normalized spacial score (nSPS) is 12.7. The quantitative estimate of drug-likeness (QED) is 0.632. The molecule has 0 fully saturated rings. The maximum Gasteiger partial charge on any atom is 0.142 e. The maximum atomic E-state index is 14.0. The Morgan fingerprint density at radius 1 is 1.21 bits per heavy atom. The van der Waals surface area contributed by atoms with Crippen LogP contribution in [0.1, 0.15) is 16.5 Å². The van der Waals surface area contributed by atoms with Gasteiger partial charge in [0.25, 0.3) is 0 Å². The molecule has 0 amide bonds. The largest absolute Gasteiger partial charge is 0.309 e. The van der Waals surface area contributed by atoms with Gasteiger partial charge in [-0.1, -0.05) is 11.6 Å². The number of thiophene rings is 1. The zero-order valence-corrected chi connectivity index (χ0v) is 14.4. The van der Waals surface area contributed by atoms with Crippen LogP contribution >= 0.6 is 54.8 Å². The number of hydrogen-bond acceptors (Lipinski definition) is 2. The van der Waals surface area contributed by atoms with E-state index in [0.717, 1.165) is 25.3 Å². The zero-order valence-electron chi connectivity index (χ0n) is 9.61. The van der Waals surface area contributed by atoms with E-state index in [-0.39, 0.29) is 10.6 Å². The lowest BCUT2D eigenvalue weighted by Crippen LogP contribution is -2.18. The molecule has 0 radical (unpaired) electrons. The molecular formula is C12H8Br2ClF2NS. The molecule has 1 N–H and O–H groups in total. The summed E-state index contributed by atoms with van der Waals surface area (Å²) >= 11 is 13.8. The van der Waals surface area contributed by atoms with Gasteiger partial charge in [-0.2, -0.15) is 0 Å². The van der Waals surface area contributed by atoms with Gasteiger partial charge < -0.3 is 5.32 Å². The molecule has 1 nitrogen and oxygen atoms in total. The lowest BCUT2D eigenvalue weighted by molar-refractivity contribution is 0.561. The molecule has 0 aliphatic heterocycles. The lowest BCUT2D eigenvalue weighted by Gasteiger charge is -2.16. The van der Waals surface area contributed by atoms with E-state index in [1.54, 1.807) is 7.05 Å². The predicted molar refractivity (Wildman–Crippen MR) is 82.0 cm³/mol. The van der Waals surface area contributed by atoms with Crippen LogP contribution in [0, 0.1) is 11.6 Å². The number of nitrogens with one attached hydrogen (secondary N) is 1. The molecule has 1 heterocycles. The molecule has 2 rings (SSSR count). The van der Waals surface area contributed by atoms with Gasteiger partial charge in [0, 0.05) is 14.9 Å². The molecule has 1 aromatic heterocycles. The van der Waals surface area contributed by atoms with Gasteiger partial charge in [0.05, 0.1) is 14.9 Å². The third-order valence-electron chi connectivity index (χ3n) is 2.59. The molecule has 1 unspecified atom stereocenters. The summed E-state index contributed by atoms with van der Waals surface area (Å²) in [7, 11) is 1.69. The Morgan fingerprint density at radius 3 is 2.42 bits per heavy atom. The van der Waals surface area contributed by atoms with E-state index in [0.29, 0.717) is 0 Å². The fourth-order valence-electron chi connectivity index (χ4n) is 1.72. The van der Waals surface area contributed by atoms with Crippen LogP contribution in [0.15, 0.2) is 26.5 Å². The van der Waals surface area contributed by atoms with Gasteiger partial charge in [-0.25, -0.2) is 8.78 Å². The van der Waals surface area contributed by atoms with Crippen molar-refractivity contribution in [2.75, 3.05) is 7.05 Å². The second kappa shape index (κ2) is 6.18. The van der Waals surface area contributed by atoms with Gasteiger partial charge in [0.15, 0.2) is 0 Å². The minimum absolute atomic E-state index is 0.218. The van der Waals surface area contributed by atoms with Crippen molar-refractivity contribution in [1.82, 2.24) is 5.32 Å². The Labute approximate surface area is 135 Å². The van der Waals surface area contributed by atoms with Crippen molar-refractivity contribution in [2.24, 2.45) is 0 Å². The average molecular weight is 432 g/mol. The summed E-state index contributed by atoms with van der Waals surface area (Å²) in [4.78, 5) is 0.863. The van der Waals surface area contributed by atoms with Crippen LogP contribution in [0.2, 0.25) is 5.02 Å². The molecule has 0 aliphatic rings. The van der Waals surface area contributed by atoms with Crippen molar-refractivity contribution >= 4 is 54.8 Å². The Hall–Kier alpha value is -0.0100. The highest BCUT2D eigenvalue weighted by Crippen LogP contribution is 2.38. The SMILES string of the molecule is CNC(c1cc(Br)c(Br)s1)c1cc(F)c(Cl)cc1F. The molecule has 102 valence electrons. The molecular weight excluding hydrogens is 423 g/mol. The topological polar surface area (TPSA) is 12.0 Å². The van der Waals surface area contributed by atoms with E-state index in [2.05, 4.69) is 37.2 Å². The van der Waals surface area contributed by atoms with E-state index in [1.165, 1.54) is 11.3 Å². The van der Waals surface area contributed by atoms with Crippen LogP contribution in [-0.2, 0) is 0 Å². The zero-order chi connectivity index (χ0) is 14.2. The van der Waals surface area contributed by atoms with Crippen molar-refractivity contribution in [1.29, 1.82) is 0 Å². The van der Waals surface area contributed by atoms with Crippen LogP contribution < -0.4 is 5.32 Å². The number of benzene rings is 1. The second-order valence-electron chi connectivity index (χ2n) is 3.78. The van der Waals surface area contributed by atoms with Crippen molar-refractivity contribution in [3.63, 3.8) is 0 Å². The average Bonchev–Trinajstić information content (AvgIpc) is 2.67. The highest BCUT2D eigenvalue weighted by molar-refractivity contribution is 9.13. The minimum atomic E-state index is -0.631. The number of halogens is 5. The van der Waals surface area contributed by atoms with Crippen LogP contribution in [0.3, 0.4) is 0 Å². The summed E-state index contributed by atoms with van der Waals surface area (Å²) in [6.45, 7) is 0. The number of rotatable bonds is 3. The van der Waals surface area contributed by atoms with Crippen LogP contribution in [-0.4, -0.2) is 7.05 Å². The second-order valence-corrected chi connectivity index (χ2v) is 7.44. The summed E-state index contributed by atoms with van der Waals surface area (Å²) in [5.41, 5.74) is 0.227. The first-order valence-corrected chi connectivity index (χ1v) is 7.98. The Bertz CT molecular complexity index is 599. The third kappa shape index (κ3) is 3.19. The standard InChI is InChI=1S/C12H8Br2ClF2NS/c1-18-11(10-3-6(13)12(14)19-10)5-2-9(17)7(15)4-8(5)16/h2-4,11,18H,1H3. The van der Waals surface area contributed by atoms with Crippen molar-refractivity contribution in [3.8, 4) is 0 Å². The lowest BCUT2D eigenvalue weighted by atomic mass is 10.0. The number of hydrogen-bond donors (Lipinski definition) is 1. The highest BCUT2D eigenvalue weighted by Gasteiger charge is 2.21. The molecule has 0 bridgehead atoms. The Balaban J connectivity index is 2.50.